The molecule has 2 rings (SSSR count). The molecule has 0 amide bonds. The highest BCUT2D eigenvalue weighted by Crippen LogP contribution is 2.22. The molecule has 0 radical (unpaired) electrons. The van der Waals surface area contributed by atoms with Crippen LogP contribution in [0.4, 0.5) is 0 Å². The average molecular weight is 259 g/mol. The van der Waals surface area contributed by atoms with Gasteiger partial charge in [0.2, 0.25) is 5.88 Å². The van der Waals surface area contributed by atoms with Crippen molar-refractivity contribution in [3.63, 3.8) is 0 Å². The zero-order chi connectivity index (χ0) is 13.5. The first-order valence-corrected chi connectivity index (χ1v) is 6.23. The Morgan fingerprint density at radius 1 is 1.11 bits per heavy atom. The largest absolute Gasteiger partial charge is 0.494 e. The molecule has 0 spiro atoms. The zero-order valence-corrected chi connectivity index (χ0v) is 10.9. The fraction of sp³-hybridized carbons (Fsp3) is 0.286. The summed E-state index contributed by atoms with van der Waals surface area (Å²) in [5.41, 5.74) is 6.20. The highest BCUT2D eigenvalue weighted by Gasteiger charge is 2.01. The second-order valence-corrected chi connectivity index (χ2v) is 3.97. The molecule has 1 heterocycles. The van der Waals surface area contributed by atoms with Crippen molar-refractivity contribution in [2.24, 2.45) is 5.73 Å². The van der Waals surface area contributed by atoms with Crippen LogP contribution in [0.1, 0.15) is 19.0 Å². The molecule has 2 N–H and O–H groups in total. The Morgan fingerprint density at radius 2 is 1.84 bits per heavy atom. The third-order valence-electron chi connectivity index (χ3n) is 2.39. The maximum absolute atomic E-state index is 5.60. The fourth-order valence-electron chi connectivity index (χ4n) is 1.48. The number of ether oxygens (including phenoxy) is 2. The maximum atomic E-state index is 5.60. The van der Waals surface area contributed by atoms with Gasteiger partial charge in [0.25, 0.3) is 0 Å². The predicted molar refractivity (Wildman–Crippen MR) is 72.2 cm³/mol. The van der Waals surface area contributed by atoms with E-state index in [0.717, 1.165) is 12.2 Å². The van der Waals surface area contributed by atoms with E-state index < -0.39 is 0 Å². The van der Waals surface area contributed by atoms with Crippen LogP contribution in [0.2, 0.25) is 0 Å². The number of hydrogen-bond donors (Lipinski definition) is 1. The fourth-order valence-corrected chi connectivity index (χ4v) is 1.48. The van der Waals surface area contributed by atoms with E-state index >= 15 is 0 Å². The van der Waals surface area contributed by atoms with E-state index in [4.69, 9.17) is 15.2 Å². The number of aromatic nitrogens is 2. The number of rotatable bonds is 6. The lowest BCUT2D eigenvalue weighted by Crippen LogP contribution is -2.01. The van der Waals surface area contributed by atoms with Gasteiger partial charge in [0.15, 0.2) is 0 Å². The first-order chi connectivity index (χ1) is 9.31. The lowest BCUT2D eigenvalue weighted by molar-refractivity contribution is 0.317. The van der Waals surface area contributed by atoms with Crippen LogP contribution in [-0.4, -0.2) is 16.6 Å². The van der Waals surface area contributed by atoms with Crippen molar-refractivity contribution in [2.45, 2.75) is 19.9 Å². The van der Waals surface area contributed by atoms with Gasteiger partial charge < -0.3 is 15.2 Å². The SMILES string of the molecule is CCCOc1ccc(Oc2cncc(CN)n2)cc1. The lowest BCUT2D eigenvalue weighted by Gasteiger charge is -2.07. The molecule has 0 unspecified atom stereocenters. The van der Waals surface area contributed by atoms with E-state index in [1.54, 1.807) is 12.4 Å². The van der Waals surface area contributed by atoms with Crippen LogP contribution in [-0.2, 0) is 6.54 Å². The average Bonchev–Trinajstić information content (AvgIpc) is 2.47. The minimum Gasteiger partial charge on any atom is -0.494 e. The van der Waals surface area contributed by atoms with Crippen molar-refractivity contribution >= 4 is 0 Å². The molecule has 0 bridgehead atoms. The van der Waals surface area contributed by atoms with Crippen LogP contribution in [0.5, 0.6) is 17.4 Å². The van der Waals surface area contributed by atoms with Crippen LogP contribution >= 0.6 is 0 Å². The molecule has 0 aliphatic carbocycles. The van der Waals surface area contributed by atoms with Gasteiger partial charge >= 0.3 is 0 Å². The van der Waals surface area contributed by atoms with Gasteiger partial charge in [0.05, 0.1) is 18.5 Å². The molecule has 1 aromatic heterocycles. The Morgan fingerprint density at radius 3 is 2.53 bits per heavy atom. The van der Waals surface area contributed by atoms with E-state index in [9.17, 15) is 0 Å². The zero-order valence-electron chi connectivity index (χ0n) is 10.9. The maximum Gasteiger partial charge on any atom is 0.238 e. The van der Waals surface area contributed by atoms with E-state index in [1.165, 1.54) is 0 Å². The normalized spacial score (nSPS) is 10.2. The molecule has 0 aliphatic rings. The Kier molecular flexibility index (Phi) is 4.69. The van der Waals surface area contributed by atoms with Crippen LogP contribution < -0.4 is 15.2 Å². The molecule has 0 saturated heterocycles. The van der Waals surface area contributed by atoms with E-state index in [0.29, 0.717) is 30.5 Å². The van der Waals surface area contributed by atoms with Crippen LogP contribution in [0.3, 0.4) is 0 Å². The van der Waals surface area contributed by atoms with Crippen molar-refractivity contribution in [2.75, 3.05) is 6.61 Å². The third-order valence-corrected chi connectivity index (χ3v) is 2.39. The molecule has 19 heavy (non-hydrogen) atoms. The minimum absolute atomic E-state index is 0.341. The number of nitrogens with zero attached hydrogens (tertiary/aromatic N) is 2. The Bertz CT molecular complexity index is 514. The van der Waals surface area contributed by atoms with Gasteiger partial charge in [-0.25, -0.2) is 4.98 Å². The number of benzene rings is 1. The van der Waals surface area contributed by atoms with E-state index in [-0.39, 0.29) is 0 Å². The summed E-state index contributed by atoms with van der Waals surface area (Å²) in [6.07, 6.45) is 4.16. The van der Waals surface area contributed by atoms with Gasteiger partial charge in [-0.15, -0.1) is 0 Å². The first kappa shape index (κ1) is 13.3. The summed E-state index contributed by atoms with van der Waals surface area (Å²) in [5, 5.41) is 0. The molecule has 0 aliphatic heterocycles. The van der Waals surface area contributed by atoms with Gasteiger partial charge in [-0.1, -0.05) is 6.92 Å². The third kappa shape index (κ3) is 3.93. The number of hydrogen-bond acceptors (Lipinski definition) is 5. The second-order valence-electron chi connectivity index (χ2n) is 3.97. The Labute approximate surface area is 112 Å². The van der Waals surface area contributed by atoms with Crippen molar-refractivity contribution < 1.29 is 9.47 Å². The first-order valence-electron chi connectivity index (χ1n) is 6.23. The molecule has 0 atom stereocenters. The summed E-state index contributed by atoms with van der Waals surface area (Å²) in [6.45, 7) is 3.12. The van der Waals surface area contributed by atoms with Gasteiger partial charge in [0.1, 0.15) is 11.5 Å². The number of nitrogens with two attached hydrogens (primary N) is 1. The van der Waals surface area contributed by atoms with E-state index in [1.807, 2.05) is 24.3 Å². The van der Waals surface area contributed by atoms with Crippen molar-refractivity contribution in [1.29, 1.82) is 0 Å². The lowest BCUT2D eigenvalue weighted by atomic mass is 10.3. The van der Waals surface area contributed by atoms with Crippen molar-refractivity contribution in [1.82, 2.24) is 9.97 Å². The second kappa shape index (κ2) is 6.70. The summed E-state index contributed by atoms with van der Waals surface area (Å²) in [6, 6.07) is 7.40. The van der Waals surface area contributed by atoms with Crippen LogP contribution in [0.15, 0.2) is 36.7 Å². The molecular formula is C14H17N3O2. The molecule has 100 valence electrons. The summed E-state index contributed by atoms with van der Waals surface area (Å²) in [7, 11) is 0. The van der Waals surface area contributed by atoms with Crippen LogP contribution in [0.25, 0.3) is 0 Å². The molecule has 5 nitrogen and oxygen atoms in total. The summed E-state index contributed by atoms with van der Waals surface area (Å²) in [5.74, 6) is 1.95. The molecule has 2 aromatic rings. The topological polar surface area (TPSA) is 70.3 Å². The standard InChI is InChI=1S/C14H17N3O2/c1-2-7-18-12-3-5-13(6-4-12)19-14-10-16-9-11(8-15)17-14/h3-6,9-10H,2,7-8,15H2,1H3. The quantitative estimate of drug-likeness (QED) is 0.863. The van der Waals surface area contributed by atoms with E-state index in [2.05, 4.69) is 16.9 Å². The highest BCUT2D eigenvalue weighted by atomic mass is 16.5. The molecule has 0 fully saturated rings. The summed E-state index contributed by atoms with van der Waals surface area (Å²) in [4.78, 5) is 8.24. The summed E-state index contributed by atoms with van der Waals surface area (Å²) >= 11 is 0. The Balaban J connectivity index is 2.02. The van der Waals surface area contributed by atoms with Gasteiger partial charge in [-0.05, 0) is 30.7 Å². The molecule has 1 aromatic carbocycles. The molecular weight excluding hydrogens is 242 g/mol. The smallest absolute Gasteiger partial charge is 0.238 e. The monoisotopic (exact) mass is 259 g/mol. The van der Waals surface area contributed by atoms with Crippen molar-refractivity contribution in [3.05, 3.63) is 42.4 Å². The van der Waals surface area contributed by atoms with Gasteiger partial charge in [0, 0.05) is 12.7 Å². The minimum atomic E-state index is 0.341. The van der Waals surface area contributed by atoms with Crippen molar-refractivity contribution in [3.8, 4) is 17.4 Å². The Hall–Kier alpha value is -2.14. The van der Waals surface area contributed by atoms with Gasteiger partial charge in [-0.3, -0.25) is 4.98 Å². The van der Waals surface area contributed by atoms with Gasteiger partial charge in [-0.2, -0.15) is 0 Å². The molecule has 5 heteroatoms. The molecule has 0 saturated carbocycles. The summed E-state index contributed by atoms with van der Waals surface area (Å²) < 4.78 is 11.1. The van der Waals surface area contributed by atoms with Crippen LogP contribution in [0, 0.1) is 0 Å². The predicted octanol–water partition coefficient (Wildman–Crippen LogP) is 2.52. The highest BCUT2D eigenvalue weighted by molar-refractivity contribution is 5.33.